The lowest BCUT2D eigenvalue weighted by molar-refractivity contribution is -0.101. The van der Waals surface area contributed by atoms with E-state index in [-0.39, 0.29) is 6.29 Å². The summed E-state index contributed by atoms with van der Waals surface area (Å²) in [5, 5.41) is 0. The summed E-state index contributed by atoms with van der Waals surface area (Å²) in [5.74, 6) is 0. The van der Waals surface area contributed by atoms with Gasteiger partial charge < -0.3 is 9.47 Å². The van der Waals surface area contributed by atoms with Crippen molar-refractivity contribution in [2.24, 2.45) is 0 Å². The monoisotopic (exact) mass is 218 g/mol. The maximum atomic E-state index is 5.13. The number of benzene rings is 1. The van der Waals surface area contributed by atoms with Gasteiger partial charge in [0.05, 0.1) is 16.7 Å². The molecule has 0 spiro atoms. The fourth-order valence-corrected chi connectivity index (χ4v) is 1.53. The minimum Gasteiger partial charge on any atom is -0.356 e. The maximum Gasteiger partial charge on any atom is 0.162 e. The highest BCUT2D eigenvalue weighted by Crippen LogP contribution is 2.10. The molecule has 1 aromatic heterocycles. The van der Waals surface area contributed by atoms with Gasteiger partial charge in [-0.1, -0.05) is 12.1 Å². The van der Waals surface area contributed by atoms with E-state index in [0.717, 1.165) is 16.7 Å². The Morgan fingerprint density at radius 3 is 2.50 bits per heavy atom. The second-order valence-corrected chi connectivity index (χ2v) is 3.46. The Bertz CT molecular complexity index is 469. The van der Waals surface area contributed by atoms with Gasteiger partial charge in [-0.25, -0.2) is 4.98 Å². The molecule has 16 heavy (non-hydrogen) atoms. The van der Waals surface area contributed by atoms with E-state index in [4.69, 9.17) is 9.47 Å². The molecule has 0 N–H and O–H groups in total. The van der Waals surface area contributed by atoms with Crippen LogP contribution in [0.2, 0.25) is 0 Å². The summed E-state index contributed by atoms with van der Waals surface area (Å²) in [5.41, 5.74) is 2.66. The fourth-order valence-electron chi connectivity index (χ4n) is 1.53. The molecule has 84 valence electrons. The van der Waals surface area contributed by atoms with Crippen LogP contribution >= 0.6 is 0 Å². The zero-order valence-corrected chi connectivity index (χ0v) is 9.38. The first-order valence-corrected chi connectivity index (χ1v) is 5.09. The average Bonchev–Trinajstić information content (AvgIpc) is 2.35. The van der Waals surface area contributed by atoms with Gasteiger partial charge in [0, 0.05) is 26.8 Å². The summed E-state index contributed by atoms with van der Waals surface area (Å²) in [6, 6.07) is 7.78. The molecule has 2 rings (SSSR count). The highest BCUT2D eigenvalue weighted by Gasteiger charge is 2.08. The second kappa shape index (κ2) is 5.01. The Hall–Kier alpha value is -1.52. The smallest absolute Gasteiger partial charge is 0.162 e. The van der Waals surface area contributed by atoms with Gasteiger partial charge in [0.25, 0.3) is 0 Å². The molecule has 1 aromatic carbocycles. The number of hydrogen-bond donors (Lipinski definition) is 0. The van der Waals surface area contributed by atoms with Crippen LogP contribution in [0.25, 0.3) is 11.0 Å². The topological polar surface area (TPSA) is 44.2 Å². The maximum absolute atomic E-state index is 5.13. The van der Waals surface area contributed by atoms with Crippen molar-refractivity contribution in [3.8, 4) is 0 Å². The van der Waals surface area contributed by atoms with Gasteiger partial charge in [0.15, 0.2) is 6.29 Å². The van der Waals surface area contributed by atoms with Crippen molar-refractivity contribution in [3.05, 3.63) is 36.2 Å². The van der Waals surface area contributed by atoms with E-state index >= 15 is 0 Å². The summed E-state index contributed by atoms with van der Waals surface area (Å²) in [6.45, 7) is 0. The third-order valence-corrected chi connectivity index (χ3v) is 2.40. The second-order valence-electron chi connectivity index (χ2n) is 3.46. The summed E-state index contributed by atoms with van der Waals surface area (Å²) in [4.78, 5) is 8.82. The van der Waals surface area contributed by atoms with Crippen molar-refractivity contribution >= 4 is 11.0 Å². The van der Waals surface area contributed by atoms with Gasteiger partial charge >= 0.3 is 0 Å². The number of aromatic nitrogens is 2. The summed E-state index contributed by atoms with van der Waals surface area (Å²) < 4.78 is 10.3. The van der Waals surface area contributed by atoms with Gasteiger partial charge in [0.2, 0.25) is 0 Å². The Kier molecular flexibility index (Phi) is 3.44. The van der Waals surface area contributed by atoms with E-state index in [0.29, 0.717) is 6.42 Å². The number of nitrogens with zero attached hydrogens (tertiary/aromatic N) is 2. The van der Waals surface area contributed by atoms with Gasteiger partial charge in [-0.3, -0.25) is 4.98 Å². The zero-order chi connectivity index (χ0) is 11.4. The minimum atomic E-state index is -0.268. The van der Waals surface area contributed by atoms with Crippen LogP contribution in [-0.2, 0) is 15.9 Å². The minimum absolute atomic E-state index is 0.268. The number of methoxy groups -OCH3 is 2. The molecule has 0 atom stereocenters. The van der Waals surface area contributed by atoms with Gasteiger partial charge in [0.1, 0.15) is 0 Å². The SMILES string of the molecule is COC(Cc1cnc2ccccc2n1)OC. The normalized spacial score (nSPS) is 11.2. The van der Waals surface area contributed by atoms with Crippen LogP contribution in [0, 0.1) is 0 Å². The molecule has 4 nitrogen and oxygen atoms in total. The molecule has 0 aliphatic rings. The van der Waals surface area contributed by atoms with Crippen LogP contribution in [0.5, 0.6) is 0 Å². The molecule has 0 radical (unpaired) electrons. The van der Waals surface area contributed by atoms with Crippen molar-refractivity contribution < 1.29 is 9.47 Å². The molecule has 0 saturated carbocycles. The highest BCUT2D eigenvalue weighted by atomic mass is 16.7. The van der Waals surface area contributed by atoms with Crippen molar-refractivity contribution in [2.45, 2.75) is 12.7 Å². The van der Waals surface area contributed by atoms with Crippen molar-refractivity contribution in [3.63, 3.8) is 0 Å². The Morgan fingerprint density at radius 2 is 1.81 bits per heavy atom. The molecule has 2 aromatic rings. The lowest BCUT2D eigenvalue weighted by Gasteiger charge is -2.12. The van der Waals surface area contributed by atoms with Crippen molar-refractivity contribution in [1.29, 1.82) is 0 Å². The van der Waals surface area contributed by atoms with E-state index in [1.165, 1.54) is 0 Å². The predicted molar refractivity (Wildman–Crippen MR) is 61.0 cm³/mol. The predicted octanol–water partition coefficient (Wildman–Crippen LogP) is 1.79. The van der Waals surface area contributed by atoms with Crippen LogP contribution in [0.1, 0.15) is 5.69 Å². The molecule has 1 heterocycles. The third-order valence-electron chi connectivity index (χ3n) is 2.40. The average molecular weight is 218 g/mol. The lowest BCUT2D eigenvalue weighted by Crippen LogP contribution is -2.17. The largest absolute Gasteiger partial charge is 0.356 e. The van der Waals surface area contributed by atoms with Gasteiger partial charge in [-0.2, -0.15) is 0 Å². The molecule has 0 aliphatic carbocycles. The van der Waals surface area contributed by atoms with Crippen LogP contribution in [-0.4, -0.2) is 30.5 Å². The molecule has 0 saturated heterocycles. The van der Waals surface area contributed by atoms with Crippen LogP contribution in [0.15, 0.2) is 30.5 Å². The van der Waals surface area contributed by atoms with Crippen LogP contribution < -0.4 is 0 Å². The molecular weight excluding hydrogens is 204 g/mol. The van der Waals surface area contributed by atoms with E-state index < -0.39 is 0 Å². The first-order chi connectivity index (χ1) is 7.83. The van der Waals surface area contributed by atoms with E-state index in [9.17, 15) is 0 Å². The molecule has 4 heteroatoms. The molecule has 0 bridgehead atoms. The molecule has 0 unspecified atom stereocenters. The summed E-state index contributed by atoms with van der Waals surface area (Å²) in [7, 11) is 3.23. The highest BCUT2D eigenvalue weighted by molar-refractivity contribution is 5.73. The number of rotatable bonds is 4. The van der Waals surface area contributed by atoms with E-state index in [1.54, 1.807) is 20.4 Å². The standard InChI is InChI=1S/C12H14N2O2/c1-15-12(16-2)7-9-8-13-10-5-3-4-6-11(10)14-9/h3-6,8,12H,7H2,1-2H3. The van der Waals surface area contributed by atoms with Gasteiger partial charge in [-0.15, -0.1) is 0 Å². The number of fused-ring (bicyclic) bond motifs is 1. The zero-order valence-electron chi connectivity index (χ0n) is 9.38. The number of ether oxygens (including phenoxy) is 2. The third kappa shape index (κ3) is 2.35. The van der Waals surface area contributed by atoms with Crippen LogP contribution in [0.4, 0.5) is 0 Å². The Balaban J connectivity index is 2.25. The van der Waals surface area contributed by atoms with Crippen molar-refractivity contribution in [1.82, 2.24) is 9.97 Å². The summed E-state index contributed by atoms with van der Waals surface area (Å²) in [6.07, 6.45) is 2.09. The van der Waals surface area contributed by atoms with Crippen molar-refractivity contribution in [2.75, 3.05) is 14.2 Å². The van der Waals surface area contributed by atoms with Gasteiger partial charge in [-0.05, 0) is 12.1 Å². The number of para-hydroxylation sites is 2. The first kappa shape index (κ1) is 11.0. The molecule has 0 fully saturated rings. The molecule has 0 aliphatic heterocycles. The fraction of sp³-hybridized carbons (Fsp3) is 0.333. The van der Waals surface area contributed by atoms with E-state index in [1.807, 2.05) is 24.3 Å². The Morgan fingerprint density at radius 1 is 1.12 bits per heavy atom. The quantitative estimate of drug-likeness (QED) is 0.734. The molecule has 0 amide bonds. The van der Waals surface area contributed by atoms with E-state index in [2.05, 4.69) is 9.97 Å². The molecular formula is C12H14N2O2. The summed E-state index contributed by atoms with van der Waals surface area (Å²) >= 11 is 0. The lowest BCUT2D eigenvalue weighted by atomic mass is 10.2. The van der Waals surface area contributed by atoms with Crippen LogP contribution in [0.3, 0.4) is 0 Å². The first-order valence-electron chi connectivity index (χ1n) is 5.09. The number of hydrogen-bond acceptors (Lipinski definition) is 4. The Labute approximate surface area is 94.2 Å².